The molecule has 0 radical (unpaired) electrons. The monoisotopic (exact) mass is 301 g/mol. The van der Waals surface area contributed by atoms with Crippen molar-refractivity contribution in [3.63, 3.8) is 0 Å². The van der Waals surface area contributed by atoms with Crippen LogP contribution in [0.4, 0.5) is 0 Å². The van der Waals surface area contributed by atoms with Gasteiger partial charge in [-0.3, -0.25) is 14.3 Å². The SMILES string of the molecule is CCn1c(-c2cccnc2)nc2scc(C(=O)O)c2c1=O. The van der Waals surface area contributed by atoms with E-state index in [-0.39, 0.29) is 16.5 Å². The largest absolute Gasteiger partial charge is 0.478 e. The highest BCUT2D eigenvalue weighted by Gasteiger charge is 2.19. The van der Waals surface area contributed by atoms with E-state index in [1.54, 1.807) is 18.5 Å². The highest BCUT2D eigenvalue weighted by molar-refractivity contribution is 7.17. The van der Waals surface area contributed by atoms with Gasteiger partial charge in [-0.25, -0.2) is 9.78 Å². The Morgan fingerprint density at radius 3 is 2.90 bits per heavy atom. The Bertz CT molecular complexity index is 884. The first-order chi connectivity index (χ1) is 10.1. The van der Waals surface area contributed by atoms with E-state index in [1.165, 1.54) is 9.95 Å². The minimum atomic E-state index is -1.11. The van der Waals surface area contributed by atoms with Gasteiger partial charge in [0.05, 0.1) is 10.9 Å². The van der Waals surface area contributed by atoms with Gasteiger partial charge in [0.2, 0.25) is 0 Å². The van der Waals surface area contributed by atoms with Gasteiger partial charge in [-0.2, -0.15) is 0 Å². The molecule has 21 heavy (non-hydrogen) atoms. The number of carboxylic acid groups (broad SMARTS) is 1. The average Bonchev–Trinajstić information content (AvgIpc) is 2.92. The Kier molecular flexibility index (Phi) is 3.26. The third-order valence-electron chi connectivity index (χ3n) is 3.16. The van der Waals surface area contributed by atoms with Crippen molar-refractivity contribution in [3.8, 4) is 11.4 Å². The fourth-order valence-corrected chi connectivity index (χ4v) is 3.09. The van der Waals surface area contributed by atoms with E-state index in [0.29, 0.717) is 17.2 Å². The van der Waals surface area contributed by atoms with Crippen LogP contribution in [0.1, 0.15) is 17.3 Å². The number of pyridine rings is 1. The summed E-state index contributed by atoms with van der Waals surface area (Å²) in [7, 11) is 0. The molecule has 0 saturated carbocycles. The Hall–Kier alpha value is -2.54. The minimum Gasteiger partial charge on any atom is -0.478 e. The summed E-state index contributed by atoms with van der Waals surface area (Å²) in [5.41, 5.74) is 0.399. The molecule has 3 aromatic rings. The van der Waals surface area contributed by atoms with Crippen molar-refractivity contribution in [3.05, 3.63) is 45.8 Å². The summed E-state index contributed by atoms with van der Waals surface area (Å²) in [6.45, 7) is 2.22. The maximum atomic E-state index is 12.6. The molecular weight excluding hydrogens is 290 g/mol. The predicted molar refractivity (Wildman–Crippen MR) is 79.7 cm³/mol. The quantitative estimate of drug-likeness (QED) is 0.802. The van der Waals surface area contributed by atoms with Gasteiger partial charge in [0, 0.05) is 29.9 Å². The van der Waals surface area contributed by atoms with Crippen LogP contribution in [-0.2, 0) is 6.54 Å². The van der Waals surface area contributed by atoms with E-state index in [1.807, 2.05) is 13.0 Å². The molecule has 0 aliphatic rings. The van der Waals surface area contributed by atoms with Crippen LogP contribution in [0.2, 0.25) is 0 Å². The second-order valence-electron chi connectivity index (χ2n) is 4.36. The Morgan fingerprint density at radius 1 is 1.48 bits per heavy atom. The first kappa shape index (κ1) is 13.4. The average molecular weight is 301 g/mol. The fraction of sp³-hybridized carbons (Fsp3) is 0.143. The number of nitrogens with zero attached hydrogens (tertiary/aromatic N) is 3. The number of aromatic carboxylic acids is 1. The van der Waals surface area contributed by atoms with Gasteiger partial charge in [-0.05, 0) is 19.1 Å². The summed E-state index contributed by atoms with van der Waals surface area (Å²) in [4.78, 5) is 32.7. The maximum absolute atomic E-state index is 12.6. The van der Waals surface area contributed by atoms with Crippen LogP contribution in [-0.4, -0.2) is 25.6 Å². The molecule has 0 aromatic carbocycles. The van der Waals surface area contributed by atoms with Gasteiger partial charge >= 0.3 is 5.97 Å². The van der Waals surface area contributed by atoms with E-state index in [4.69, 9.17) is 5.11 Å². The predicted octanol–water partition coefficient (Wildman–Crippen LogP) is 2.24. The molecule has 3 heterocycles. The number of hydrogen-bond donors (Lipinski definition) is 1. The topological polar surface area (TPSA) is 85.1 Å². The molecule has 0 amide bonds. The summed E-state index contributed by atoms with van der Waals surface area (Å²) in [6.07, 6.45) is 3.27. The van der Waals surface area contributed by atoms with Gasteiger partial charge < -0.3 is 5.11 Å². The zero-order chi connectivity index (χ0) is 15.0. The standard InChI is InChI=1S/C14H11N3O3S/c1-2-17-11(8-4-3-5-15-6-8)16-12-10(13(17)18)9(7-21-12)14(19)20/h3-7H,2H2,1H3,(H,19,20). The van der Waals surface area contributed by atoms with Gasteiger partial charge in [-0.1, -0.05) is 0 Å². The molecule has 0 fully saturated rings. The lowest BCUT2D eigenvalue weighted by molar-refractivity contribution is 0.0699. The number of carbonyl (C=O) groups is 1. The van der Waals surface area contributed by atoms with Gasteiger partial charge in [0.1, 0.15) is 10.7 Å². The molecule has 3 rings (SSSR count). The lowest BCUT2D eigenvalue weighted by Crippen LogP contribution is -2.23. The molecule has 6 nitrogen and oxygen atoms in total. The van der Waals surface area contributed by atoms with Crippen LogP contribution in [0.3, 0.4) is 0 Å². The normalized spacial score (nSPS) is 10.9. The number of hydrogen-bond acceptors (Lipinski definition) is 5. The van der Waals surface area contributed by atoms with Crippen molar-refractivity contribution in [2.24, 2.45) is 0 Å². The zero-order valence-electron chi connectivity index (χ0n) is 11.1. The summed E-state index contributed by atoms with van der Waals surface area (Å²) >= 11 is 1.16. The van der Waals surface area contributed by atoms with Crippen molar-refractivity contribution < 1.29 is 9.90 Å². The summed E-state index contributed by atoms with van der Waals surface area (Å²) < 4.78 is 1.47. The molecule has 0 aliphatic heterocycles. The van der Waals surface area contributed by atoms with Crippen LogP contribution in [0, 0.1) is 0 Å². The lowest BCUT2D eigenvalue weighted by Gasteiger charge is -2.10. The highest BCUT2D eigenvalue weighted by Crippen LogP contribution is 2.24. The van der Waals surface area contributed by atoms with E-state index in [9.17, 15) is 9.59 Å². The fourth-order valence-electron chi connectivity index (χ4n) is 2.19. The van der Waals surface area contributed by atoms with Crippen LogP contribution in [0.25, 0.3) is 21.6 Å². The van der Waals surface area contributed by atoms with Gasteiger partial charge in [0.15, 0.2) is 0 Å². The molecule has 7 heteroatoms. The molecule has 3 aromatic heterocycles. The number of fused-ring (bicyclic) bond motifs is 1. The smallest absolute Gasteiger partial charge is 0.337 e. The molecule has 0 unspecified atom stereocenters. The van der Waals surface area contributed by atoms with Crippen LogP contribution < -0.4 is 5.56 Å². The Balaban J connectivity index is 2.39. The van der Waals surface area contributed by atoms with Crippen LogP contribution >= 0.6 is 11.3 Å². The number of aromatic nitrogens is 3. The maximum Gasteiger partial charge on any atom is 0.337 e. The molecule has 0 aliphatic carbocycles. The summed E-state index contributed by atoms with van der Waals surface area (Å²) in [5, 5.41) is 10.8. The lowest BCUT2D eigenvalue weighted by atomic mass is 10.2. The summed E-state index contributed by atoms with van der Waals surface area (Å²) in [6, 6.07) is 3.58. The van der Waals surface area contributed by atoms with Crippen molar-refractivity contribution in [2.45, 2.75) is 13.5 Å². The van der Waals surface area contributed by atoms with E-state index < -0.39 is 5.97 Å². The zero-order valence-corrected chi connectivity index (χ0v) is 11.9. The Labute approximate surface area is 123 Å². The van der Waals surface area contributed by atoms with Crippen LogP contribution in [0.15, 0.2) is 34.7 Å². The van der Waals surface area contributed by atoms with Crippen molar-refractivity contribution in [1.82, 2.24) is 14.5 Å². The second kappa shape index (κ2) is 5.10. The highest BCUT2D eigenvalue weighted by atomic mass is 32.1. The Morgan fingerprint density at radius 2 is 2.29 bits per heavy atom. The van der Waals surface area contributed by atoms with E-state index in [2.05, 4.69) is 9.97 Å². The molecule has 0 atom stereocenters. The van der Waals surface area contributed by atoms with E-state index >= 15 is 0 Å². The third-order valence-corrected chi connectivity index (χ3v) is 4.03. The molecule has 106 valence electrons. The van der Waals surface area contributed by atoms with E-state index in [0.717, 1.165) is 16.9 Å². The summed E-state index contributed by atoms with van der Waals surface area (Å²) in [5.74, 6) is -0.612. The van der Waals surface area contributed by atoms with Crippen LogP contribution in [0.5, 0.6) is 0 Å². The molecule has 0 spiro atoms. The number of rotatable bonds is 3. The number of thiophene rings is 1. The molecule has 0 saturated heterocycles. The minimum absolute atomic E-state index is 0.00689. The third kappa shape index (κ3) is 2.11. The first-order valence-corrected chi connectivity index (χ1v) is 7.17. The molecule has 0 bridgehead atoms. The first-order valence-electron chi connectivity index (χ1n) is 6.29. The van der Waals surface area contributed by atoms with Crippen molar-refractivity contribution in [1.29, 1.82) is 0 Å². The van der Waals surface area contributed by atoms with Crippen molar-refractivity contribution in [2.75, 3.05) is 0 Å². The second-order valence-corrected chi connectivity index (χ2v) is 5.22. The van der Waals surface area contributed by atoms with Crippen molar-refractivity contribution >= 4 is 27.5 Å². The molecule has 1 N–H and O–H groups in total. The molecular formula is C14H11N3O3S. The van der Waals surface area contributed by atoms with Gasteiger partial charge in [-0.15, -0.1) is 11.3 Å². The van der Waals surface area contributed by atoms with Gasteiger partial charge in [0.25, 0.3) is 5.56 Å². The number of carboxylic acids is 1.